The van der Waals surface area contributed by atoms with E-state index in [0.29, 0.717) is 0 Å². The molecule has 0 amide bonds. The summed E-state index contributed by atoms with van der Waals surface area (Å²) in [5.41, 5.74) is 22.3. The molecular weight excluding hydrogens is 811 g/mol. The Morgan fingerprint density at radius 1 is 0.299 bits per heavy atom. The van der Waals surface area contributed by atoms with Crippen LogP contribution in [0.25, 0.3) is 49.7 Å². The number of hydrogen-bond donors (Lipinski definition) is 0. The summed E-state index contributed by atoms with van der Waals surface area (Å²) in [5, 5.41) is 2.45. The Morgan fingerprint density at radius 2 is 0.657 bits per heavy atom. The second kappa shape index (κ2) is 15.0. The van der Waals surface area contributed by atoms with Gasteiger partial charge in [-0.3, -0.25) is 0 Å². The van der Waals surface area contributed by atoms with E-state index in [2.05, 4.69) is 227 Å². The maximum Gasteiger partial charge on any atom is 0.0542 e. The molecule has 3 heteroatoms. The van der Waals surface area contributed by atoms with Gasteiger partial charge in [-0.05, 0) is 167 Å². The molecule has 4 aliphatic rings. The lowest BCUT2D eigenvalue weighted by atomic mass is 9.76. The molecule has 2 spiro atoms. The smallest absolute Gasteiger partial charge is 0.0542 e. The topological polar surface area (TPSA) is 11.4 Å². The fourth-order valence-corrected chi connectivity index (χ4v) is 13.4. The Hall–Kier alpha value is -7.62. The Labute approximate surface area is 393 Å². The maximum atomic E-state index is 2.53. The van der Waals surface area contributed by atoms with Crippen molar-refractivity contribution in [1.29, 1.82) is 0 Å². The van der Waals surface area contributed by atoms with Gasteiger partial charge in [0.2, 0.25) is 0 Å². The standard InChI is InChI=1S/C64H51N3/c1-4-18-44(19-5-1)65(49-28-32-53-51-24-10-12-26-57(51)63(59(53)42-49)36-14-15-37-63)47-30-34-61-55(40-47)56-41-48(31-35-62(56)67(61)46-22-8-3-9-23-46)66(45-20-6-2-7-21-45)50-29-33-54-52-25-11-13-27-58(52)64(60(54)43-50)38-16-17-39-64/h1-13,18-35,40-43H,14-17,36-39H2. The Bertz CT molecular complexity index is 3320. The first-order valence-corrected chi connectivity index (χ1v) is 24.5. The average molecular weight is 862 g/mol. The van der Waals surface area contributed by atoms with Gasteiger partial charge >= 0.3 is 0 Å². The molecule has 1 heterocycles. The predicted octanol–water partition coefficient (Wildman–Crippen LogP) is 17.4. The van der Waals surface area contributed by atoms with Gasteiger partial charge in [0, 0.05) is 61.4 Å². The van der Waals surface area contributed by atoms with Crippen molar-refractivity contribution in [3.63, 3.8) is 0 Å². The van der Waals surface area contributed by atoms with Gasteiger partial charge in [-0.1, -0.05) is 141 Å². The van der Waals surface area contributed by atoms with Crippen LogP contribution in [0, 0.1) is 0 Å². The zero-order valence-corrected chi connectivity index (χ0v) is 37.7. The van der Waals surface area contributed by atoms with E-state index in [1.807, 2.05) is 0 Å². The van der Waals surface area contributed by atoms with Gasteiger partial charge in [0.05, 0.1) is 11.0 Å². The van der Waals surface area contributed by atoms with Crippen molar-refractivity contribution in [3.05, 3.63) is 235 Å². The highest BCUT2D eigenvalue weighted by atomic mass is 15.2. The van der Waals surface area contributed by atoms with Crippen molar-refractivity contribution in [1.82, 2.24) is 4.57 Å². The van der Waals surface area contributed by atoms with E-state index in [1.54, 1.807) is 0 Å². The number of anilines is 6. The van der Waals surface area contributed by atoms with E-state index < -0.39 is 0 Å². The molecule has 0 saturated heterocycles. The van der Waals surface area contributed by atoms with Gasteiger partial charge in [-0.2, -0.15) is 0 Å². The summed E-state index contributed by atoms with van der Waals surface area (Å²) >= 11 is 0. The highest BCUT2D eigenvalue weighted by Crippen LogP contribution is 2.59. The van der Waals surface area contributed by atoms with Crippen LogP contribution >= 0.6 is 0 Å². The van der Waals surface area contributed by atoms with Crippen molar-refractivity contribution in [3.8, 4) is 27.9 Å². The molecule has 0 unspecified atom stereocenters. The normalized spacial score (nSPS) is 15.8. The van der Waals surface area contributed by atoms with Gasteiger partial charge in [0.15, 0.2) is 0 Å². The van der Waals surface area contributed by atoms with E-state index in [-0.39, 0.29) is 10.8 Å². The number of benzene rings is 9. The van der Waals surface area contributed by atoms with Crippen LogP contribution in [0.3, 0.4) is 0 Å². The number of aromatic nitrogens is 1. The lowest BCUT2D eigenvalue weighted by molar-refractivity contribution is 0.550. The summed E-state index contributed by atoms with van der Waals surface area (Å²) < 4.78 is 2.45. The third-order valence-electron chi connectivity index (χ3n) is 16.2. The molecule has 0 N–H and O–H groups in total. The molecule has 3 nitrogen and oxygen atoms in total. The van der Waals surface area contributed by atoms with E-state index in [1.165, 1.54) is 129 Å². The first-order chi connectivity index (χ1) is 33.2. The quantitative estimate of drug-likeness (QED) is 0.158. The van der Waals surface area contributed by atoms with Crippen molar-refractivity contribution in [2.24, 2.45) is 0 Å². The van der Waals surface area contributed by atoms with E-state index in [9.17, 15) is 0 Å². The van der Waals surface area contributed by atoms with Crippen molar-refractivity contribution in [2.45, 2.75) is 62.2 Å². The van der Waals surface area contributed by atoms with Crippen LogP contribution in [0.5, 0.6) is 0 Å². The minimum Gasteiger partial charge on any atom is -0.310 e. The molecular formula is C64H51N3. The Morgan fingerprint density at radius 3 is 1.10 bits per heavy atom. The molecule has 4 aliphatic carbocycles. The van der Waals surface area contributed by atoms with E-state index in [0.717, 1.165) is 28.4 Å². The number of hydrogen-bond acceptors (Lipinski definition) is 2. The zero-order valence-electron chi connectivity index (χ0n) is 37.7. The number of para-hydroxylation sites is 3. The average Bonchev–Trinajstić information content (AvgIpc) is 4.24. The number of nitrogens with zero attached hydrogens (tertiary/aromatic N) is 3. The summed E-state index contributed by atoms with van der Waals surface area (Å²) in [4.78, 5) is 4.97. The second-order valence-electron chi connectivity index (χ2n) is 19.5. The highest BCUT2D eigenvalue weighted by Gasteiger charge is 2.46. The predicted molar refractivity (Wildman–Crippen MR) is 280 cm³/mol. The fourth-order valence-electron chi connectivity index (χ4n) is 13.4. The molecule has 9 aromatic carbocycles. The molecule has 14 rings (SSSR count). The van der Waals surface area contributed by atoms with Crippen LogP contribution in [0.1, 0.15) is 73.6 Å². The summed E-state index contributed by atoms with van der Waals surface area (Å²) in [6.45, 7) is 0. The van der Waals surface area contributed by atoms with Gasteiger partial charge in [-0.25, -0.2) is 0 Å². The largest absolute Gasteiger partial charge is 0.310 e. The van der Waals surface area contributed by atoms with Crippen LogP contribution in [0.2, 0.25) is 0 Å². The zero-order chi connectivity index (χ0) is 44.1. The van der Waals surface area contributed by atoms with Crippen molar-refractivity contribution < 1.29 is 0 Å². The lowest BCUT2D eigenvalue weighted by Gasteiger charge is -2.30. The van der Waals surface area contributed by atoms with Gasteiger partial charge < -0.3 is 14.4 Å². The van der Waals surface area contributed by atoms with E-state index in [4.69, 9.17) is 0 Å². The lowest BCUT2D eigenvalue weighted by Crippen LogP contribution is -2.21. The molecule has 2 saturated carbocycles. The molecule has 0 radical (unpaired) electrons. The van der Waals surface area contributed by atoms with Crippen LogP contribution in [-0.4, -0.2) is 4.57 Å². The number of fused-ring (bicyclic) bond motifs is 13. The second-order valence-corrected chi connectivity index (χ2v) is 19.5. The van der Waals surface area contributed by atoms with Crippen molar-refractivity contribution >= 4 is 55.9 Å². The summed E-state index contributed by atoms with van der Waals surface area (Å²) in [5.74, 6) is 0. The summed E-state index contributed by atoms with van der Waals surface area (Å²) in [6.07, 6.45) is 9.92. The van der Waals surface area contributed by atoms with Crippen LogP contribution in [0.4, 0.5) is 34.1 Å². The Kier molecular flexibility index (Phi) is 8.62. The highest BCUT2D eigenvalue weighted by molar-refractivity contribution is 6.12. The third-order valence-corrected chi connectivity index (χ3v) is 16.2. The molecule has 10 aromatic rings. The fraction of sp³-hybridized carbons (Fsp3) is 0.156. The molecule has 2 fully saturated rings. The molecule has 322 valence electrons. The van der Waals surface area contributed by atoms with Crippen LogP contribution in [-0.2, 0) is 10.8 Å². The monoisotopic (exact) mass is 861 g/mol. The SMILES string of the molecule is c1ccc(N(c2ccc3c(c2)C2(CCCC2)c2ccccc2-3)c2ccc3c(c2)c2cc(N(c4ccccc4)c4ccc5c(c4)C4(CCCC4)c4ccccc4-5)ccc2n3-c2ccccc2)cc1. The van der Waals surface area contributed by atoms with Gasteiger partial charge in [0.1, 0.15) is 0 Å². The summed E-state index contributed by atoms with van der Waals surface area (Å²) in [7, 11) is 0. The number of rotatable bonds is 7. The maximum absolute atomic E-state index is 2.53. The van der Waals surface area contributed by atoms with Gasteiger partial charge in [0.25, 0.3) is 0 Å². The Balaban J connectivity index is 0.966. The first kappa shape index (κ1) is 38.6. The minimum atomic E-state index is 0.0822. The molecule has 0 aliphatic heterocycles. The summed E-state index contributed by atoms with van der Waals surface area (Å²) in [6, 6.07) is 80.0. The minimum absolute atomic E-state index is 0.0822. The first-order valence-electron chi connectivity index (χ1n) is 24.5. The van der Waals surface area contributed by atoms with E-state index >= 15 is 0 Å². The van der Waals surface area contributed by atoms with Crippen LogP contribution < -0.4 is 9.80 Å². The molecule has 0 bridgehead atoms. The van der Waals surface area contributed by atoms with Crippen molar-refractivity contribution in [2.75, 3.05) is 9.80 Å². The molecule has 0 atom stereocenters. The van der Waals surface area contributed by atoms with Gasteiger partial charge in [-0.15, -0.1) is 0 Å². The molecule has 67 heavy (non-hydrogen) atoms. The van der Waals surface area contributed by atoms with Crippen LogP contribution in [0.15, 0.2) is 212 Å². The molecule has 1 aromatic heterocycles. The third kappa shape index (κ3) is 5.70.